The second kappa shape index (κ2) is 8.91. The van der Waals surface area contributed by atoms with Crippen LogP contribution >= 0.6 is 0 Å². The van der Waals surface area contributed by atoms with Gasteiger partial charge in [0.25, 0.3) is 0 Å². The number of ether oxygens (including phenoxy) is 2. The average molecular weight is 396 g/mol. The molecule has 0 spiro atoms. The van der Waals surface area contributed by atoms with Crippen LogP contribution < -0.4 is 4.74 Å². The SMILES string of the molecule is Cc1ccc(Oc2cc(C)nc([C@H]3CCCCN3C(=O)C3CCOCC3)n2)cc1. The summed E-state index contributed by atoms with van der Waals surface area (Å²) in [6.45, 7) is 6.10. The summed E-state index contributed by atoms with van der Waals surface area (Å²) in [7, 11) is 0. The molecule has 6 nitrogen and oxygen atoms in total. The van der Waals surface area contributed by atoms with Gasteiger partial charge in [-0.3, -0.25) is 4.79 Å². The highest BCUT2D eigenvalue weighted by atomic mass is 16.5. The smallest absolute Gasteiger partial charge is 0.226 e. The summed E-state index contributed by atoms with van der Waals surface area (Å²) < 4.78 is 11.4. The van der Waals surface area contributed by atoms with Crippen LogP contribution in [0, 0.1) is 19.8 Å². The van der Waals surface area contributed by atoms with Crippen molar-refractivity contribution in [2.24, 2.45) is 5.92 Å². The summed E-state index contributed by atoms with van der Waals surface area (Å²) in [6.07, 6.45) is 4.61. The van der Waals surface area contributed by atoms with Crippen LogP contribution in [-0.2, 0) is 9.53 Å². The first-order valence-corrected chi connectivity index (χ1v) is 10.6. The van der Waals surface area contributed by atoms with Gasteiger partial charge in [0.15, 0.2) is 5.82 Å². The predicted octanol–water partition coefficient (Wildman–Crippen LogP) is 4.37. The van der Waals surface area contributed by atoms with Gasteiger partial charge in [-0.25, -0.2) is 4.98 Å². The van der Waals surface area contributed by atoms with Gasteiger partial charge in [0, 0.05) is 37.4 Å². The van der Waals surface area contributed by atoms with Crippen molar-refractivity contribution in [2.75, 3.05) is 19.8 Å². The predicted molar refractivity (Wildman–Crippen MR) is 110 cm³/mol. The quantitative estimate of drug-likeness (QED) is 0.769. The van der Waals surface area contributed by atoms with E-state index in [4.69, 9.17) is 14.5 Å². The third-order valence-electron chi connectivity index (χ3n) is 5.75. The van der Waals surface area contributed by atoms with Gasteiger partial charge in [0.2, 0.25) is 11.8 Å². The third-order valence-corrected chi connectivity index (χ3v) is 5.75. The zero-order chi connectivity index (χ0) is 20.2. The lowest BCUT2D eigenvalue weighted by Crippen LogP contribution is -2.43. The van der Waals surface area contributed by atoms with Crippen LogP contribution in [-0.4, -0.2) is 40.5 Å². The Bertz CT molecular complexity index is 847. The maximum Gasteiger partial charge on any atom is 0.226 e. The Kier molecular flexibility index (Phi) is 6.09. The minimum Gasteiger partial charge on any atom is -0.439 e. The summed E-state index contributed by atoms with van der Waals surface area (Å²) in [6, 6.07) is 9.66. The summed E-state index contributed by atoms with van der Waals surface area (Å²) >= 11 is 0. The Hall–Kier alpha value is -2.47. The van der Waals surface area contributed by atoms with Crippen molar-refractivity contribution >= 4 is 5.91 Å². The van der Waals surface area contributed by atoms with E-state index >= 15 is 0 Å². The Morgan fingerprint density at radius 2 is 1.83 bits per heavy atom. The fourth-order valence-corrected chi connectivity index (χ4v) is 4.13. The molecule has 2 aromatic rings. The highest BCUT2D eigenvalue weighted by Gasteiger charge is 2.34. The minimum absolute atomic E-state index is 0.0532. The van der Waals surface area contributed by atoms with E-state index in [1.54, 1.807) is 0 Å². The van der Waals surface area contributed by atoms with Crippen LogP contribution in [0.15, 0.2) is 30.3 Å². The maximum atomic E-state index is 13.2. The monoisotopic (exact) mass is 395 g/mol. The van der Waals surface area contributed by atoms with Crippen LogP contribution in [0.3, 0.4) is 0 Å². The minimum atomic E-state index is -0.0839. The second-order valence-corrected chi connectivity index (χ2v) is 8.05. The number of hydrogen-bond acceptors (Lipinski definition) is 5. The number of aryl methyl sites for hydroxylation is 2. The number of likely N-dealkylation sites (tertiary alicyclic amines) is 1. The van der Waals surface area contributed by atoms with Gasteiger partial charge in [0.1, 0.15) is 5.75 Å². The standard InChI is InChI=1S/C23H29N3O3/c1-16-6-8-19(9-7-16)29-21-15-17(2)24-22(25-21)20-5-3-4-12-26(20)23(27)18-10-13-28-14-11-18/h6-9,15,18,20H,3-5,10-14H2,1-2H3/t20-/m1/s1. The van der Waals surface area contributed by atoms with Crippen LogP contribution in [0.2, 0.25) is 0 Å². The van der Waals surface area contributed by atoms with Crippen LogP contribution in [0.25, 0.3) is 0 Å². The number of amides is 1. The number of aromatic nitrogens is 2. The Labute approximate surface area is 172 Å². The molecular formula is C23H29N3O3. The number of rotatable bonds is 4. The number of piperidine rings is 1. The fraction of sp³-hybridized carbons (Fsp3) is 0.522. The van der Waals surface area contributed by atoms with E-state index in [9.17, 15) is 4.79 Å². The molecule has 2 fully saturated rings. The highest BCUT2D eigenvalue weighted by molar-refractivity contribution is 5.79. The van der Waals surface area contributed by atoms with E-state index in [-0.39, 0.29) is 17.9 Å². The van der Waals surface area contributed by atoms with Gasteiger partial charge >= 0.3 is 0 Å². The summed E-state index contributed by atoms with van der Waals surface area (Å²) in [5.74, 6) is 2.24. The van der Waals surface area contributed by atoms with Crippen molar-refractivity contribution in [3.05, 3.63) is 47.4 Å². The van der Waals surface area contributed by atoms with Gasteiger partial charge in [0.05, 0.1) is 6.04 Å². The zero-order valence-electron chi connectivity index (χ0n) is 17.3. The number of hydrogen-bond donors (Lipinski definition) is 0. The summed E-state index contributed by atoms with van der Waals surface area (Å²) in [5.41, 5.74) is 2.03. The molecule has 1 aromatic carbocycles. The molecule has 29 heavy (non-hydrogen) atoms. The molecule has 0 N–H and O–H groups in total. The van der Waals surface area contributed by atoms with E-state index in [0.717, 1.165) is 50.1 Å². The Morgan fingerprint density at radius 1 is 1.07 bits per heavy atom. The van der Waals surface area contributed by atoms with Crippen LogP contribution in [0.4, 0.5) is 0 Å². The van der Waals surface area contributed by atoms with Gasteiger partial charge in [-0.1, -0.05) is 17.7 Å². The van der Waals surface area contributed by atoms with Gasteiger partial charge in [-0.2, -0.15) is 4.98 Å². The van der Waals surface area contributed by atoms with Crippen molar-refractivity contribution in [3.63, 3.8) is 0 Å². The lowest BCUT2D eigenvalue weighted by molar-refractivity contribution is -0.142. The van der Waals surface area contributed by atoms with Crippen molar-refractivity contribution in [1.82, 2.24) is 14.9 Å². The van der Waals surface area contributed by atoms with E-state index in [1.807, 2.05) is 49.1 Å². The van der Waals surface area contributed by atoms with Crippen LogP contribution in [0.1, 0.15) is 55.2 Å². The molecule has 4 rings (SSSR count). The first-order chi connectivity index (χ1) is 14.1. The first-order valence-electron chi connectivity index (χ1n) is 10.6. The highest BCUT2D eigenvalue weighted by Crippen LogP contribution is 2.33. The van der Waals surface area contributed by atoms with E-state index in [1.165, 1.54) is 5.56 Å². The number of benzene rings is 1. The molecule has 0 unspecified atom stereocenters. The number of carbonyl (C=O) groups excluding carboxylic acids is 1. The molecule has 2 aliphatic rings. The molecule has 1 amide bonds. The third kappa shape index (κ3) is 4.75. The fourth-order valence-electron chi connectivity index (χ4n) is 4.13. The average Bonchev–Trinajstić information content (AvgIpc) is 2.75. The summed E-state index contributed by atoms with van der Waals surface area (Å²) in [4.78, 5) is 24.6. The van der Waals surface area contributed by atoms with Gasteiger partial charge in [-0.15, -0.1) is 0 Å². The largest absolute Gasteiger partial charge is 0.439 e. The van der Waals surface area contributed by atoms with Crippen molar-refractivity contribution < 1.29 is 14.3 Å². The molecule has 3 heterocycles. The molecule has 2 saturated heterocycles. The molecule has 6 heteroatoms. The molecule has 1 aromatic heterocycles. The van der Waals surface area contributed by atoms with Gasteiger partial charge < -0.3 is 14.4 Å². The van der Waals surface area contributed by atoms with Crippen molar-refractivity contribution in [1.29, 1.82) is 0 Å². The molecule has 0 bridgehead atoms. The van der Waals surface area contributed by atoms with Gasteiger partial charge in [-0.05, 0) is 58.1 Å². The lowest BCUT2D eigenvalue weighted by Gasteiger charge is -2.37. The molecule has 1 atom stereocenters. The van der Waals surface area contributed by atoms with E-state index in [0.29, 0.717) is 24.9 Å². The second-order valence-electron chi connectivity index (χ2n) is 8.05. The molecule has 0 radical (unpaired) electrons. The summed E-state index contributed by atoms with van der Waals surface area (Å²) in [5, 5.41) is 0. The Morgan fingerprint density at radius 3 is 2.59 bits per heavy atom. The van der Waals surface area contributed by atoms with Crippen molar-refractivity contribution in [2.45, 2.75) is 52.0 Å². The molecular weight excluding hydrogens is 366 g/mol. The molecule has 0 saturated carbocycles. The number of nitrogens with zero attached hydrogens (tertiary/aromatic N) is 3. The van der Waals surface area contributed by atoms with Crippen molar-refractivity contribution in [3.8, 4) is 11.6 Å². The Balaban J connectivity index is 1.56. The topological polar surface area (TPSA) is 64.5 Å². The normalized spacial score (nSPS) is 20.5. The maximum absolute atomic E-state index is 13.2. The zero-order valence-corrected chi connectivity index (χ0v) is 17.3. The van der Waals surface area contributed by atoms with E-state index < -0.39 is 0 Å². The molecule has 2 aliphatic heterocycles. The van der Waals surface area contributed by atoms with E-state index in [2.05, 4.69) is 4.98 Å². The lowest BCUT2D eigenvalue weighted by atomic mass is 9.94. The molecule has 154 valence electrons. The van der Waals surface area contributed by atoms with Crippen LogP contribution in [0.5, 0.6) is 11.6 Å². The first kappa shape index (κ1) is 19.8. The number of carbonyl (C=O) groups is 1. The molecule has 0 aliphatic carbocycles.